The van der Waals surface area contributed by atoms with Gasteiger partial charge in [-0.1, -0.05) is 37.6 Å². The summed E-state index contributed by atoms with van der Waals surface area (Å²) in [6.45, 7) is 9.01. The fourth-order valence-electron chi connectivity index (χ4n) is 2.60. The van der Waals surface area contributed by atoms with E-state index in [4.69, 9.17) is 22.1 Å². The van der Waals surface area contributed by atoms with Crippen LogP contribution in [0, 0.1) is 5.92 Å². The molecule has 1 heterocycles. The number of nitrogens with two attached hydrogens (primary N) is 1. The van der Waals surface area contributed by atoms with Gasteiger partial charge in [0.05, 0.1) is 19.3 Å². The van der Waals surface area contributed by atoms with E-state index >= 15 is 0 Å². The van der Waals surface area contributed by atoms with Gasteiger partial charge < -0.3 is 15.8 Å². The first-order valence-electron chi connectivity index (χ1n) is 8.17. The van der Waals surface area contributed by atoms with Gasteiger partial charge in [0.25, 0.3) is 0 Å². The molecule has 0 radical (unpaired) electrons. The molecule has 1 aromatic rings. The normalized spacial score (nSPS) is 17.4. The largest absolute Gasteiger partial charge is 0.379 e. The standard InChI is InChI=1S/C17H27ClN4O.HI/c1-13(2)11-20-17(19)21-12-16(22-6-8-23-9-7-22)14-4-3-5-15(18)10-14;/h3-5,10,13,16H,6-9,11-12H2,1-2H3,(H3,19,20,21);1H. The highest BCUT2D eigenvalue weighted by Gasteiger charge is 2.22. The molecule has 1 unspecified atom stereocenters. The highest BCUT2D eigenvalue weighted by molar-refractivity contribution is 14.0. The molecule has 136 valence electrons. The molecule has 0 amide bonds. The number of guanidine groups is 1. The number of nitrogens with zero attached hydrogens (tertiary/aromatic N) is 2. The van der Waals surface area contributed by atoms with Gasteiger partial charge in [0.1, 0.15) is 0 Å². The number of nitrogens with one attached hydrogen (secondary N) is 1. The molecule has 2 rings (SSSR count). The Balaban J connectivity index is 0.00000288. The van der Waals surface area contributed by atoms with Crippen molar-refractivity contribution in [3.05, 3.63) is 34.9 Å². The van der Waals surface area contributed by atoms with E-state index in [1.165, 1.54) is 5.56 Å². The van der Waals surface area contributed by atoms with Gasteiger partial charge in [-0.2, -0.15) is 0 Å². The van der Waals surface area contributed by atoms with E-state index in [1.54, 1.807) is 0 Å². The van der Waals surface area contributed by atoms with Crippen molar-refractivity contribution in [2.45, 2.75) is 19.9 Å². The predicted octanol–water partition coefficient (Wildman–Crippen LogP) is 2.89. The summed E-state index contributed by atoms with van der Waals surface area (Å²) in [5.41, 5.74) is 7.16. The van der Waals surface area contributed by atoms with Gasteiger partial charge in [-0.3, -0.25) is 9.89 Å². The van der Waals surface area contributed by atoms with Crippen LogP contribution in [0.25, 0.3) is 0 Å². The Labute approximate surface area is 167 Å². The van der Waals surface area contributed by atoms with Crippen LogP contribution in [-0.4, -0.2) is 50.3 Å². The minimum absolute atomic E-state index is 0. The monoisotopic (exact) mass is 466 g/mol. The Bertz CT molecular complexity index is 521. The Morgan fingerprint density at radius 3 is 2.71 bits per heavy atom. The Kier molecular flexibility index (Phi) is 9.95. The predicted molar refractivity (Wildman–Crippen MR) is 111 cm³/mol. The zero-order valence-corrected chi connectivity index (χ0v) is 17.5. The van der Waals surface area contributed by atoms with Crippen LogP contribution in [-0.2, 0) is 4.74 Å². The first-order chi connectivity index (χ1) is 11.1. The molecule has 7 heteroatoms. The van der Waals surface area contributed by atoms with Gasteiger partial charge in [0.2, 0.25) is 0 Å². The van der Waals surface area contributed by atoms with Crippen LogP contribution in [0.15, 0.2) is 29.3 Å². The van der Waals surface area contributed by atoms with E-state index in [0.717, 1.165) is 37.9 Å². The van der Waals surface area contributed by atoms with E-state index < -0.39 is 0 Å². The molecule has 24 heavy (non-hydrogen) atoms. The lowest BCUT2D eigenvalue weighted by Gasteiger charge is -2.35. The molecule has 0 aliphatic carbocycles. The summed E-state index contributed by atoms with van der Waals surface area (Å²) in [4.78, 5) is 6.77. The van der Waals surface area contributed by atoms with Crippen molar-refractivity contribution in [2.75, 3.05) is 39.4 Å². The molecule has 0 spiro atoms. The molecule has 1 aliphatic heterocycles. The molecule has 1 atom stereocenters. The van der Waals surface area contributed by atoms with E-state index in [9.17, 15) is 0 Å². The maximum Gasteiger partial charge on any atom is 0.188 e. The highest BCUT2D eigenvalue weighted by Crippen LogP contribution is 2.23. The van der Waals surface area contributed by atoms with Gasteiger partial charge in [-0.15, -0.1) is 24.0 Å². The number of hydrogen-bond acceptors (Lipinski definition) is 3. The van der Waals surface area contributed by atoms with Crippen molar-refractivity contribution in [1.29, 1.82) is 0 Å². The highest BCUT2D eigenvalue weighted by atomic mass is 127. The lowest BCUT2D eigenvalue weighted by molar-refractivity contribution is 0.0170. The third kappa shape index (κ3) is 7.13. The van der Waals surface area contributed by atoms with Crippen LogP contribution in [0.1, 0.15) is 25.5 Å². The second-order valence-electron chi connectivity index (χ2n) is 6.22. The molecule has 1 aromatic carbocycles. The average molecular weight is 467 g/mol. The number of rotatable bonds is 6. The Hall–Kier alpha value is -0.570. The summed E-state index contributed by atoms with van der Waals surface area (Å²) in [5.74, 6) is 0.998. The average Bonchev–Trinajstić information content (AvgIpc) is 2.54. The second kappa shape index (κ2) is 11.1. The summed E-state index contributed by atoms with van der Waals surface area (Å²) in [7, 11) is 0. The first-order valence-corrected chi connectivity index (χ1v) is 8.55. The zero-order valence-electron chi connectivity index (χ0n) is 14.4. The molecule has 3 N–H and O–H groups in total. The van der Waals surface area contributed by atoms with E-state index in [0.29, 0.717) is 18.4 Å². The first kappa shape index (κ1) is 21.5. The van der Waals surface area contributed by atoms with E-state index in [1.807, 2.05) is 18.2 Å². The van der Waals surface area contributed by atoms with Gasteiger partial charge in [0.15, 0.2) is 5.96 Å². The van der Waals surface area contributed by atoms with Crippen molar-refractivity contribution >= 4 is 41.5 Å². The lowest BCUT2D eigenvalue weighted by Crippen LogP contribution is -2.45. The number of morpholine rings is 1. The van der Waals surface area contributed by atoms with E-state index in [-0.39, 0.29) is 30.0 Å². The SMILES string of the molecule is CC(C)CN=C(N)NCC(c1cccc(Cl)c1)N1CCOCC1.I. The fraction of sp³-hybridized carbons (Fsp3) is 0.588. The van der Waals surface area contributed by atoms with Crippen LogP contribution in [0.3, 0.4) is 0 Å². The molecule has 1 fully saturated rings. The molecule has 1 aliphatic rings. The Morgan fingerprint density at radius 1 is 1.38 bits per heavy atom. The van der Waals surface area contributed by atoms with Crippen molar-refractivity contribution in [3.63, 3.8) is 0 Å². The van der Waals surface area contributed by atoms with Crippen LogP contribution in [0.2, 0.25) is 5.02 Å². The molecular weight excluding hydrogens is 439 g/mol. The van der Waals surface area contributed by atoms with Crippen LogP contribution in [0.4, 0.5) is 0 Å². The maximum absolute atomic E-state index is 6.16. The third-order valence-corrected chi connectivity index (χ3v) is 4.06. The molecule has 0 saturated carbocycles. The molecule has 0 aromatic heterocycles. The maximum atomic E-state index is 6.16. The number of ether oxygens (including phenoxy) is 1. The van der Waals surface area contributed by atoms with Gasteiger partial charge in [-0.25, -0.2) is 0 Å². The minimum atomic E-state index is 0. The zero-order chi connectivity index (χ0) is 16.7. The van der Waals surface area contributed by atoms with Crippen molar-refractivity contribution in [3.8, 4) is 0 Å². The second-order valence-corrected chi connectivity index (χ2v) is 6.66. The number of halogens is 2. The summed E-state index contributed by atoms with van der Waals surface area (Å²) in [5, 5.41) is 4.01. The van der Waals surface area contributed by atoms with Crippen molar-refractivity contribution in [2.24, 2.45) is 16.6 Å². The smallest absolute Gasteiger partial charge is 0.188 e. The summed E-state index contributed by atoms with van der Waals surface area (Å²) in [6.07, 6.45) is 0. The number of hydrogen-bond donors (Lipinski definition) is 2. The third-order valence-electron chi connectivity index (χ3n) is 3.82. The van der Waals surface area contributed by atoms with E-state index in [2.05, 4.69) is 35.1 Å². The van der Waals surface area contributed by atoms with Gasteiger partial charge in [0, 0.05) is 31.2 Å². The topological polar surface area (TPSA) is 62.9 Å². The minimum Gasteiger partial charge on any atom is -0.379 e. The Morgan fingerprint density at radius 2 is 2.08 bits per heavy atom. The van der Waals surface area contributed by atoms with Crippen molar-refractivity contribution < 1.29 is 4.74 Å². The summed E-state index contributed by atoms with van der Waals surface area (Å²) >= 11 is 6.16. The quantitative estimate of drug-likeness (QED) is 0.384. The van der Waals surface area contributed by atoms with Gasteiger partial charge in [-0.05, 0) is 23.6 Å². The number of aliphatic imine (C=N–C) groups is 1. The summed E-state index contributed by atoms with van der Waals surface area (Å²) < 4.78 is 5.46. The van der Waals surface area contributed by atoms with Gasteiger partial charge >= 0.3 is 0 Å². The van der Waals surface area contributed by atoms with Crippen molar-refractivity contribution in [1.82, 2.24) is 10.2 Å². The lowest BCUT2D eigenvalue weighted by atomic mass is 10.0. The van der Waals surface area contributed by atoms with Crippen LogP contribution < -0.4 is 11.1 Å². The summed E-state index contributed by atoms with van der Waals surface area (Å²) in [6, 6.07) is 8.21. The molecule has 5 nitrogen and oxygen atoms in total. The van der Waals surface area contributed by atoms with Crippen LogP contribution in [0.5, 0.6) is 0 Å². The van der Waals surface area contributed by atoms with Crippen LogP contribution >= 0.6 is 35.6 Å². The molecular formula is C17H28ClIN4O. The molecule has 1 saturated heterocycles. The molecule has 0 bridgehead atoms. The number of benzene rings is 1. The fourth-order valence-corrected chi connectivity index (χ4v) is 2.80.